The van der Waals surface area contributed by atoms with Crippen LogP contribution >= 0.6 is 11.3 Å². The SMILES string of the molecule is OC1CNCC1CNCc1cnc(C2CCCC2)s1. The minimum absolute atomic E-state index is 0.192. The van der Waals surface area contributed by atoms with Crippen molar-refractivity contribution >= 4 is 11.3 Å². The fraction of sp³-hybridized carbons (Fsp3) is 0.786. The fourth-order valence-corrected chi connectivity index (χ4v) is 4.13. The van der Waals surface area contributed by atoms with Gasteiger partial charge in [-0.3, -0.25) is 0 Å². The molecule has 0 spiro atoms. The van der Waals surface area contributed by atoms with Crippen molar-refractivity contribution in [2.45, 2.75) is 44.2 Å². The number of hydrogen-bond acceptors (Lipinski definition) is 5. The van der Waals surface area contributed by atoms with Gasteiger partial charge in [-0.05, 0) is 12.8 Å². The van der Waals surface area contributed by atoms with Crippen molar-refractivity contribution in [3.05, 3.63) is 16.1 Å². The third kappa shape index (κ3) is 3.34. The largest absolute Gasteiger partial charge is 0.391 e. The molecule has 0 aromatic carbocycles. The van der Waals surface area contributed by atoms with Crippen LogP contribution in [-0.4, -0.2) is 35.8 Å². The first-order chi connectivity index (χ1) is 9.33. The molecule has 2 atom stereocenters. The van der Waals surface area contributed by atoms with Crippen LogP contribution in [0.3, 0.4) is 0 Å². The maximum Gasteiger partial charge on any atom is 0.0959 e. The lowest BCUT2D eigenvalue weighted by Gasteiger charge is -2.13. The molecule has 3 N–H and O–H groups in total. The van der Waals surface area contributed by atoms with Crippen LogP contribution in [0.4, 0.5) is 0 Å². The average molecular weight is 281 g/mol. The Morgan fingerprint density at radius 1 is 1.37 bits per heavy atom. The smallest absolute Gasteiger partial charge is 0.0959 e. The Hall–Kier alpha value is -0.490. The minimum Gasteiger partial charge on any atom is -0.391 e. The van der Waals surface area contributed by atoms with E-state index >= 15 is 0 Å². The summed E-state index contributed by atoms with van der Waals surface area (Å²) in [5, 5.41) is 17.7. The lowest BCUT2D eigenvalue weighted by Crippen LogP contribution is -2.29. The van der Waals surface area contributed by atoms with Crippen molar-refractivity contribution in [3.63, 3.8) is 0 Å². The van der Waals surface area contributed by atoms with Gasteiger partial charge in [0.25, 0.3) is 0 Å². The van der Waals surface area contributed by atoms with Gasteiger partial charge in [-0.1, -0.05) is 12.8 Å². The Labute approximate surface area is 118 Å². The van der Waals surface area contributed by atoms with Gasteiger partial charge in [-0.25, -0.2) is 4.98 Å². The molecule has 1 aliphatic heterocycles. The quantitative estimate of drug-likeness (QED) is 0.765. The zero-order valence-electron chi connectivity index (χ0n) is 11.3. The second-order valence-electron chi connectivity index (χ2n) is 5.76. The number of hydrogen-bond donors (Lipinski definition) is 3. The molecule has 1 saturated heterocycles. The Morgan fingerprint density at radius 2 is 2.21 bits per heavy atom. The van der Waals surface area contributed by atoms with E-state index in [-0.39, 0.29) is 6.10 Å². The van der Waals surface area contributed by atoms with Gasteiger partial charge in [0.1, 0.15) is 0 Å². The second kappa shape index (κ2) is 6.31. The highest BCUT2D eigenvalue weighted by Crippen LogP contribution is 2.35. The number of thiazole rings is 1. The highest BCUT2D eigenvalue weighted by atomic mass is 32.1. The third-order valence-corrected chi connectivity index (χ3v) is 5.45. The van der Waals surface area contributed by atoms with E-state index in [9.17, 15) is 5.11 Å². The highest BCUT2D eigenvalue weighted by Gasteiger charge is 2.24. The molecule has 19 heavy (non-hydrogen) atoms. The minimum atomic E-state index is -0.192. The number of aliphatic hydroxyl groups excluding tert-OH is 1. The molecule has 2 heterocycles. The molecule has 1 aromatic rings. The van der Waals surface area contributed by atoms with Gasteiger partial charge in [0.2, 0.25) is 0 Å². The van der Waals surface area contributed by atoms with Gasteiger partial charge in [-0.2, -0.15) is 0 Å². The zero-order valence-corrected chi connectivity index (χ0v) is 12.1. The van der Waals surface area contributed by atoms with Crippen molar-refractivity contribution in [1.29, 1.82) is 0 Å². The maximum absolute atomic E-state index is 9.72. The summed E-state index contributed by atoms with van der Waals surface area (Å²) >= 11 is 1.86. The Kier molecular flexibility index (Phi) is 4.48. The number of rotatable bonds is 5. The van der Waals surface area contributed by atoms with Gasteiger partial charge in [0.15, 0.2) is 0 Å². The van der Waals surface area contributed by atoms with Crippen molar-refractivity contribution < 1.29 is 5.11 Å². The molecule has 3 rings (SSSR count). The van der Waals surface area contributed by atoms with Crippen molar-refractivity contribution in [3.8, 4) is 0 Å². The molecule has 0 amide bonds. The van der Waals surface area contributed by atoms with Crippen molar-refractivity contribution in [2.75, 3.05) is 19.6 Å². The Bertz CT molecular complexity index is 403. The molecule has 1 aromatic heterocycles. The van der Waals surface area contributed by atoms with Gasteiger partial charge >= 0.3 is 0 Å². The van der Waals surface area contributed by atoms with Crippen molar-refractivity contribution in [1.82, 2.24) is 15.6 Å². The first-order valence-electron chi connectivity index (χ1n) is 7.37. The topological polar surface area (TPSA) is 57.2 Å². The summed E-state index contributed by atoms with van der Waals surface area (Å²) in [6, 6.07) is 0. The highest BCUT2D eigenvalue weighted by molar-refractivity contribution is 7.11. The number of aromatic nitrogens is 1. The summed E-state index contributed by atoms with van der Waals surface area (Å²) < 4.78 is 0. The average Bonchev–Trinajstić information content (AvgIpc) is 3.11. The number of nitrogens with zero attached hydrogens (tertiary/aromatic N) is 1. The second-order valence-corrected chi connectivity index (χ2v) is 6.91. The number of nitrogens with one attached hydrogen (secondary N) is 2. The summed E-state index contributed by atoms with van der Waals surface area (Å²) in [7, 11) is 0. The molecular weight excluding hydrogens is 258 g/mol. The van der Waals surface area contributed by atoms with E-state index in [0.717, 1.165) is 32.1 Å². The predicted molar refractivity (Wildman–Crippen MR) is 77.4 cm³/mol. The van der Waals surface area contributed by atoms with Crippen LogP contribution in [0.5, 0.6) is 0 Å². The lowest BCUT2D eigenvalue weighted by molar-refractivity contribution is 0.146. The molecule has 0 radical (unpaired) electrons. The van der Waals surface area contributed by atoms with E-state index in [1.54, 1.807) is 0 Å². The van der Waals surface area contributed by atoms with Gasteiger partial charge in [0, 0.05) is 49.1 Å². The monoisotopic (exact) mass is 281 g/mol. The summed E-state index contributed by atoms with van der Waals surface area (Å²) in [6.45, 7) is 3.42. The van der Waals surface area contributed by atoms with Crippen LogP contribution in [0, 0.1) is 5.92 Å². The normalized spacial score (nSPS) is 28.3. The van der Waals surface area contributed by atoms with Crippen LogP contribution < -0.4 is 10.6 Å². The molecule has 0 bridgehead atoms. The molecule has 4 nitrogen and oxygen atoms in total. The van der Waals surface area contributed by atoms with E-state index < -0.39 is 0 Å². The zero-order chi connectivity index (χ0) is 13.1. The summed E-state index contributed by atoms with van der Waals surface area (Å²) in [5.74, 6) is 1.07. The van der Waals surface area contributed by atoms with Crippen LogP contribution in [0.2, 0.25) is 0 Å². The first-order valence-corrected chi connectivity index (χ1v) is 8.18. The van der Waals surface area contributed by atoms with Gasteiger partial charge < -0.3 is 15.7 Å². The van der Waals surface area contributed by atoms with E-state index in [1.165, 1.54) is 35.6 Å². The molecule has 2 aliphatic rings. The fourth-order valence-electron chi connectivity index (χ4n) is 3.07. The van der Waals surface area contributed by atoms with Crippen LogP contribution in [-0.2, 0) is 6.54 Å². The number of β-amino-alcohol motifs (C(OH)–C–C–N with tert-alkyl or cyclic N) is 1. The number of aliphatic hydroxyl groups is 1. The molecule has 1 saturated carbocycles. The summed E-state index contributed by atoms with van der Waals surface area (Å²) in [5.41, 5.74) is 0. The molecular formula is C14H23N3OS. The third-order valence-electron chi connectivity index (χ3n) is 4.29. The summed E-state index contributed by atoms with van der Waals surface area (Å²) in [6.07, 6.45) is 7.20. The van der Waals surface area contributed by atoms with E-state index in [2.05, 4.69) is 15.6 Å². The lowest BCUT2D eigenvalue weighted by atomic mass is 10.1. The Morgan fingerprint density at radius 3 is 2.95 bits per heavy atom. The van der Waals surface area contributed by atoms with Crippen molar-refractivity contribution in [2.24, 2.45) is 5.92 Å². The summed E-state index contributed by atoms with van der Waals surface area (Å²) in [4.78, 5) is 5.90. The van der Waals surface area contributed by atoms with Crippen LogP contribution in [0.1, 0.15) is 41.5 Å². The molecule has 106 valence electrons. The van der Waals surface area contributed by atoms with Gasteiger partial charge in [-0.15, -0.1) is 11.3 Å². The Balaban J connectivity index is 1.45. The first kappa shape index (κ1) is 13.5. The molecule has 5 heteroatoms. The van der Waals surface area contributed by atoms with Crippen LogP contribution in [0.25, 0.3) is 0 Å². The molecule has 2 fully saturated rings. The molecule has 1 aliphatic carbocycles. The van der Waals surface area contributed by atoms with E-state index in [1.807, 2.05) is 17.5 Å². The standard InChI is InChI=1S/C14H23N3OS/c18-13-9-16-6-11(13)5-15-7-12-8-17-14(19-12)10-3-1-2-4-10/h8,10-11,13,15-16,18H,1-7,9H2. The van der Waals surface area contributed by atoms with E-state index in [0.29, 0.717) is 5.92 Å². The van der Waals surface area contributed by atoms with Crippen LogP contribution in [0.15, 0.2) is 6.20 Å². The predicted octanol–water partition coefficient (Wildman–Crippen LogP) is 1.47. The van der Waals surface area contributed by atoms with Gasteiger partial charge in [0.05, 0.1) is 11.1 Å². The van der Waals surface area contributed by atoms with E-state index in [4.69, 9.17) is 0 Å². The molecule has 2 unspecified atom stereocenters. The maximum atomic E-state index is 9.72.